The molecule has 0 fully saturated rings. The van der Waals surface area contributed by atoms with Crippen molar-refractivity contribution in [3.8, 4) is 0 Å². The molecule has 7 heteroatoms. The molecule has 6 nitrogen and oxygen atoms in total. The fourth-order valence-electron chi connectivity index (χ4n) is 1.04. The Balaban J connectivity index is 2.69. The van der Waals surface area contributed by atoms with Gasteiger partial charge in [-0.05, 0) is 18.5 Å². The Hall–Kier alpha value is -1.63. The topological polar surface area (TPSA) is 105 Å². The van der Waals surface area contributed by atoms with Gasteiger partial charge in [-0.3, -0.25) is 4.79 Å². The Kier molecular flexibility index (Phi) is 3.62. The Morgan fingerprint density at radius 2 is 2.27 bits per heavy atom. The van der Waals surface area contributed by atoms with Gasteiger partial charge in [0, 0.05) is 13.0 Å². The van der Waals surface area contributed by atoms with Crippen molar-refractivity contribution in [2.45, 2.75) is 13.3 Å². The summed E-state index contributed by atoms with van der Waals surface area (Å²) in [6.45, 7) is 1.94. The van der Waals surface area contributed by atoms with E-state index in [1.807, 2.05) is 0 Å². The van der Waals surface area contributed by atoms with Gasteiger partial charge in [-0.1, -0.05) is 0 Å². The SMILES string of the molecule is Cc1nsc(NCCC(N)=O)c1C(=O)O. The summed E-state index contributed by atoms with van der Waals surface area (Å²) in [7, 11) is 0. The Morgan fingerprint density at radius 1 is 1.60 bits per heavy atom. The van der Waals surface area contributed by atoms with Crippen LogP contribution in [0.5, 0.6) is 0 Å². The quantitative estimate of drug-likeness (QED) is 0.679. The summed E-state index contributed by atoms with van der Waals surface area (Å²) in [4.78, 5) is 21.3. The van der Waals surface area contributed by atoms with Gasteiger partial charge in [0.1, 0.15) is 10.6 Å². The van der Waals surface area contributed by atoms with E-state index in [9.17, 15) is 9.59 Å². The fraction of sp³-hybridized carbons (Fsp3) is 0.375. The van der Waals surface area contributed by atoms with E-state index >= 15 is 0 Å². The second kappa shape index (κ2) is 4.74. The van der Waals surface area contributed by atoms with Gasteiger partial charge < -0.3 is 16.2 Å². The summed E-state index contributed by atoms with van der Waals surface area (Å²) in [6.07, 6.45) is 0.163. The molecule has 0 spiro atoms. The minimum absolute atomic E-state index is 0.157. The Bertz CT molecular complexity index is 388. The van der Waals surface area contributed by atoms with Crippen LogP contribution in [0.25, 0.3) is 0 Å². The normalized spacial score (nSPS) is 9.93. The fourth-order valence-corrected chi connectivity index (χ4v) is 1.85. The molecule has 0 aliphatic heterocycles. The first-order valence-corrected chi connectivity index (χ1v) is 5.01. The number of aromatic carboxylic acids is 1. The molecule has 1 rings (SSSR count). The average molecular weight is 229 g/mol. The van der Waals surface area contributed by atoms with Gasteiger partial charge in [0.15, 0.2) is 0 Å². The van der Waals surface area contributed by atoms with Crippen molar-refractivity contribution < 1.29 is 14.7 Å². The summed E-state index contributed by atoms with van der Waals surface area (Å²) < 4.78 is 3.92. The summed E-state index contributed by atoms with van der Waals surface area (Å²) in [5.41, 5.74) is 5.58. The lowest BCUT2D eigenvalue weighted by atomic mass is 10.2. The number of carboxylic acids is 1. The lowest BCUT2D eigenvalue weighted by molar-refractivity contribution is -0.117. The molecule has 1 aromatic rings. The van der Waals surface area contributed by atoms with Gasteiger partial charge in [-0.15, -0.1) is 0 Å². The first kappa shape index (κ1) is 11.4. The summed E-state index contributed by atoms with van der Waals surface area (Å²) in [6, 6.07) is 0. The van der Waals surface area contributed by atoms with E-state index in [1.54, 1.807) is 6.92 Å². The number of carbonyl (C=O) groups excluding carboxylic acids is 1. The summed E-state index contributed by atoms with van der Waals surface area (Å²) in [5, 5.41) is 12.2. The van der Waals surface area contributed by atoms with Crippen molar-refractivity contribution in [1.29, 1.82) is 0 Å². The van der Waals surface area contributed by atoms with Crippen LogP contribution in [0.15, 0.2) is 0 Å². The number of hydrogen-bond donors (Lipinski definition) is 3. The molecule has 0 radical (unpaired) electrons. The molecule has 1 amide bonds. The first-order valence-electron chi connectivity index (χ1n) is 4.24. The van der Waals surface area contributed by atoms with Crippen LogP contribution in [-0.4, -0.2) is 27.9 Å². The number of nitrogens with zero attached hydrogens (tertiary/aromatic N) is 1. The summed E-state index contributed by atoms with van der Waals surface area (Å²) >= 11 is 1.06. The molecule has 0 saturated carbocycles. The van der Waals surface area contributed by atoms with E-state index in [0.29, 0.717) is 17.2 Å². The predicted molar refractivity (Wildman–Crippen MR) is 56.1 cm³/mol. The van der Waals surface area contributed by atoms with Crippen LogP contribution in [0.2, 0.25) is 0 Å². The number of anilines is 1. The van der Waals surface area contributed by atoms with Gasteiger partial charge in [0.25, 0.3) is 0 Å². The number of aryl methyl sites for hydroxylation is 1. The number of primary amides is 1. The van der Waals surface area contributed by atoms with Crippen LogP contribution in [0.3, 0.4) is 0 Å². The van der Waals surface area contributed by atoms with Crippen LogP contribution in [0.4, 0.5) is 5.00 Å². The molecule has 4 N–H and O–H groups in total. The number of carbonyl (C=O) groups is 2. The van der Waals surface area contributed by atoms with Gasteiger partial charge >= 0.3 is 5.97 Å². The minimum Gasteiger partial charge on any atom is -0.478 e. The molecule has 0 saturated heterocycles. The molecular formula is C8H11N3O3S. The second-order valence-corrected chi connectivity index (χ2v) is 3.69. The molecule has 0 aromatic carbocycles. The zero-order chi connectivity index (χ0) is 11.4. The van der Waals surface area contributed by atoms with E-state index < -0.39 is 11.9 Å². The molecule has 15 heavy (non-hydrogen) atoms. The van der Waals surface area contributed by atoms with Gasteiger partial charge in [-0.25, -0.2) is 4.79 Å². The predicted octanol–water partition coefficient (Wildman–Crippen LogP) is 0.437. The average Bonchev–Trinajstić information content (AvgIpc) is 2.46. The zero-order valence-corrected chi connectivity index (χ0v) is 8.93. The smallest absolute Gasteiger partial charge is 0.340 e. The van der Waals surface area contributed by atoms with Gasteiger partial charge in [-0.2, -0.15) is 4.37 Å². The molecule has 1 heterocycles. The van der Waals surface area contributed by atoms with Crippen molar-refractivity contribution in [3.05, 3.63) is 11.3 Å². The highest BCUT2D eigenvalue weighted by atomic mass is 32.1. The lowest BCUT2D eigenvalue weighted by Gasteiger charge is -2.02. The maximum atomic E-state index is 10.8. The zero-order valence-electron chi connectivity index (χ0n) is 8.11. The number of hydrogen-bond acceptors (Lipinski definition) is 5. The van der Waals surface area contributed by atoms with Crippen molar-refractivity contribution in [2.75, 3.05) is 11.9 Å². The highest BCUT2D eigenvalue weighted by Gasteiger charge is 2.16. The van der Waals surface area contributed by atoms with Gasteiger partial charge in [0.05, 0.1) is 5.69 Å². The van der Waals surface area contributed by atoms with E-state index in [-0.39, 0.29) is 12.0 Å². The van der Waals surface area contributed by atoms with E-state index in [1.165, 1.54) is 0 Å². The Morgan fingerprint density at radius 3 is 2.80 bits per heavy atom. The monoisotopic (exact) mass is 229 g/mol. The van der Waals surface area contributed by atoms with E-state index in [4.69, 9.17) is 10.8 Å². The standard InChI is InChI=1S/C8H11N3O3S/c1-4-6(8(13)14)7(15-11-4)10-3-2-5(9)12/h10H,2-3H2,1H3,(H2,9,12)(H,13,14). The highest BCUT2D eigenvalue weighted by molar-refractivity contribution is 7.10. The van der Waals surface area contributed by atoms with Crippen molar-refractivity contribution in [1.82, 2.24) is 4.37 Å². The minimum atomic E-state index is -1.03. The number of aromatic nitrogens is 1. The van der Waals surface area contributed by atoms with Crippen LogP contribution < -0.4 is 11.1 Å². The molecule has 0 aliphatic carbocycles. The largest absolute Gasteiger partial charge is 0.478 e. The third-order valence-electron chi connectivity index (χ3n) is 1.73. The molecule has 82 valence electrons. The van der Waals surface area contributed by atoms with Crippen molar-refractivity contribution in [3.63, 3.8) is 0 Å². The van der Waals surface area contributed by atoms with Crippen LogP contribution in [0.1, 0.15) is 22.5 Å². The third kappa shape index (κ3) is 2.91. The van der Waals surface area contributed by atoms with E-state index in [2.05, 4.69) is 9.69 Å². The number of nitrogens with two attached hydrogens (primary N) is 1. The second-order valence-electron chi connectivity index (χ2n) is 2.92. The van der Waals surface area contributed by atoms with E-state index in [0.717, 1.165) is 11.5 Å². The number of amides is 1. The van der Waals surface area contributed by atoms with Crippen LogP contribution in [-0.2, 0) is 4.79 Å². The van der Waals surface area contributed by atoms with Crippen LogP contribution in [0, 0.1) is 6.92 Å². The first-order chi connectivity index (χ1) is 7.02. The van der Waals surface area contributed by atoms with Crippen molar-refractivity contribution >= 4 is 28.4 Å². The maximum absolute atomic E-state index is 10.8. The lowest BCUT2D eigenvalue weighted by Crippen LogP contribution is -2.16. The molecule has 0 atom stereocenters. The van der Waals surface area contributed by atoms with Crippen LogP contribution >= 0.6 is 11.5 Å². The molecular weight excluding hydrogens is 218 g/mol. The molecule has 1 aromatic heterocycles. The summed E-state index contributed by atoms with van der Waals surface area (Å²) in [5.74, 6) is -1.46. The third-order valence-corrected chi connectivity index (χ3v) is 2.63. The van der Waals surface area contributed by atoms with Gasteiger partial charge in [0.2, 0.25) is 5.91 Å². The Labute approximate surface area is 90.3 Å². The highest BCUT2D eigenvalue weighted by Crippen LogP contribution is 2.24. The molecule has 0 unspecified atom stereocenters. The molecule has 0 aliphatic rings. The molecule has 0 bridgehead atoms. The van der Waals surface area contributed by atoms with Crippen molar-refractivity contribution in [2.24, 2.45) is 5.73 Å². The number of carboxylic acid groups (broad SMARTS) is 1. The maximum Gasteiger partial charge on any atom is 0.340 e. The number of rotatable bonds is 5. The number of nitrogens with one attached hydrogen (secondary N) is 1.